The topological polar surface area (TPSA) is 183 Å². The first-order chi connectivity index (χ1) is 16.1. The predicted molar refractivity (Wildman–Crippen MR) is 118 cm³/mol. The smallest absolute Gasteiger partial charge is 0.348 e. The van der Waals surface area contributed by atoms with Crippen molar-refractivity contribution in [1.82, 2.24) is 19.5 Å². The number of alkyl halides is 1. The van der Waals surface area contributed by atoms with Crippen molar-refractivity contribution in [3.63, 3.8) is 0 Å². The van der Waals surface area contributed by atoms with E-state index in [4.69, 9.17) is 38.4 Å². The number of halogens is 2. The SMILES string of the molecule is Nc1nc(Cl)nc2c1ncn2[C@@H]1O[C@H](COC(Cc2ccccc2)(C(=O)O)C(=O)O)[C@@H](O)[C@@H]1Cl. The molecule has 3 heterocycles. The maximum atomic E-state index is 12.0. The lowest BCUT2D eigenvalue weighted by atomic mass is 9.94. The summed E-state index contributed by atoms with van der Waals surface area (Å²) < 4.78 is 12.6. The van der Waals surface area contributed by atoms with Crippen LogP contribution in [-0.2, 0) is 25.5 Å². The highest BCUT2D eigenvalue weighted by Crippen LogP contribution is 2.36. The van der Waals surface area contributed by atoms with Crippen LogP contribution in [0.3, 0.4) is 0 Å². The summed E-state index contributed by atoms with van der Waals surface area (Å²) in [7, 11) is 0. The molecule has 34 heavy (non-hydrogen) atoms. The quantitative estimate of drug-likeness (QED) is 0.193. The molecule has 1 aromatic carbocycles. The number of imidazole rings is 1. The molecule has 4 atom stereocenters. The first-order valence-electron chi connectivity index (χ1n) is 9.92. The number of anilines is 1. The minimum absolute atomic E-state index is 0.0342. The number of rotatable bonds is 8. The fraction of sp³-hybridized carbons (Fsp3) is 0.350. The molecule has 1 aliphatic rings. The highest BCUT2D eigenvalue weighted by atomic mass is 35.5. The zero-order valence-corrected chi connectivity index (χ0v) is 18.8. The monoisotopic (exact) mass is 511 g/mol. The maximum absolute atomic E-state index is 12.0. The van der Waals surface area contributed by atoms with Crippen LogP contribution >= 0.6 is 23.2 Å². The van der Waals surface area contributed by atoms with Gasteiger partial charge in [-0.3, -0.25) is 4.57 Å². The summed E-state index contributed by atoms with van der Waals surface area (Å²) in [6, 6.07) is 8.17. The second kappa shape index (κ2) is 9.31. The maximum Gasteiger partial charge on any atom is 0.348 e. The average Bonchev–Trinajstić information content (AvgIpc) is 3.33. The second-order valence-electron chi connectivity index (χ2n) is 7.61. The van der Waals surface area contributed by atoms with Gasteiger partial charge in [0.15, 0.2) is 17.7 Å². The first-order valence-corrected chi connectivity index (χ1v) is 10.7. The van der Waals surface area contributed by atoms with E-state index in [0.717, 1.165) is 0 Å². The number of aromatic nitrogens is 4. The standard InChI is InChI=1S/C20H19Cl2N5O7/c21-11-13(28)10(34-16(11)27-8-24-12-14(23)25-19(22)26-15(12)27)7-33-20(17(29)30,18(31)32)6-9-4-2-1-3-5-9/h1-5,8,10-11,13,16,28H,6-7H2,(H,29,30)(H,31,32)(H2,23,25,26)/t10-,11+,13-,16-/m1/s1. The van der Waals surface area contributed by atoms with Crippen molar-refractivity contribution in [3.05, 3.63) is 47.5 Å². The summed E-state index contributed by atoms with van der Waals surface area (Å²) in [5.74, 6) is -3.36. The summed E-state index contributed by atoms with van der Waals surface area (Å²) >= 11 is 12.3. The van der Waals surface area contributed by atoms with Gasteiger partial charge in [-0.25, -0.2) is 14.6 Å². The minimum atomic E-state index is -2.61. The normalized spacial score (nSPS) is 22.8. The Balaban J connectivity index is 1.57. The van der Waals surface area contributed by atoms with Gasteiger partial charge in [-0.15, -0.1) is 11.6 Å². The molecule has 180 valence electrons. The first kappa shape index (κ1) is 24.1. The molecule has 4 rings (SSSR count). The van der Waals surface area contributed by atoms with Gasteiger partial charge in [0.25, 0.3) is 5.60 Å². The van der Waals surface area contributed by atoms with Crippen LogP contribution in [0.2, 0.25) is 5.28 Å². The van der Waals surface area contributed by atoms with Gasteiger partial charge in [-0.1, -0.05) is 30.3 Å². The molecule has 1 fully saturated rings. The number of fused-ring (bicyclic) bond motifs is 1. The zero-order chi connectivity index (χ0) is 24.6. The van der Waals surface area contributed by atoms with Gasteiger partial charge in [0.05, 0.1) is 12.9 Å². The lowest BCUT2D eigenvalue weighted by molar-refractivity contribution is -0.189. The number of carboxylic acids is 2. The van der Waals surface area contributed by atoms with Crippen LogP contribution in [0.5, 0.6) is 0 Å². The van der Waals surface area contributed by atoms with E-state index < -0.39 is 54.4 Å². The number of hydrogen-bond donors (Lipinski definition) is 4. The minimum Gasteiger partial charge on any atom is -0.479 e. The molecule has 0 bridgehead atoms. The molecular formula is C20H19Cl2N5O7. The Morgan fingerprint density at radius 1 is 1.21 bits per heavy atom. The Morgan fingerprint density at radius 2 is 1.88 bits per heavy atom. The van der Waals surface area contributed by atoms with Gasteiger partial charge in [0.2, 0.25) is 5.28 Å². The number of nitrogens with zero attached hydrogens (tertiary/aromatic N) is 4. The highest BCUT2D eigenvalue weighted by Gasteiger charge is 2.51. The number of ether oxygens (including phenoxy) is 2. The van der Waals surface area contributed by atoms with Crippen molar-refractivity contribution in [2.45, 2.75) is 35.8 Å². The summed E-state index contributed by atoms with van der Waals surface area (Å²) in [5.41, 5.74) is 4.08. The molecule has 1 saturated heterocycles. The fourth-order valence-corrected chi connectivity index (χ4v) is 4.20. The van der Waals surface area contributed by atoms with Gasteiger partial charge in [0.1, 0.15) is 23.1 Å². The number of benzene rings is 1. The largest absolute Gasteiger partial charge is 0.479 e. The van der Waals surface area contributed by atoms with Gasteiger partial charge < -0.3 is 30.5 Å². The van der Waals surface area contributed by atoms with Gasteiger partial charge in [-0.05, 0) is 17.2 Å². The zero-order valence-electron chi connectivity index (χ0n) is 17.3. The van der Waals surface area contributed by atoms with E-state index in [2.05, 4.69) is 15.0 Å². The number of hydrogen-bond acceptors (Lipinski definition) is 9. The van der Waals surface area contributed by atoms with E-state index in [1.165, 1.54) is 10.9 Å². The van der Waals surface area contributed by atoms with Crippen LogP contribution in [0, 0.1) is 0 Å². The molecule has 0 spiro atoms. The molecular weight excluding hydrogens is 493 g/mol. The number of nitrogen functional groups attached to an aromatic ring is 1. The van der Waals surface area contributed by atoms with Crippen molar-refractivity contribution in [2.75, 3.05) is 12.3 Å². The molecule has 5 N–H and O–H groups in total. The van der Waals surface area contributed by atoms with Crippen LogP contribution in [-0.4, -0.2) is 76.6 Å². The number of aliphatic hydroxyl groups is 1. The lowest BCUT2D eigenvalue weighted by Gasteiger charge is -2.27. The fourth-order valence-electron chi connectivity index (χ4n) is 3.69. The van der Waals surface area contributed by atoms with Crippen LogP contribution in [0.4, 0.5) is 5.82 Å². The molecule has 0 amide bonds. The van der Waals surface area contributed by atoms with E-state index >= 15 is 0 Å². The Hall–Kier alpha value is -3.03. The third-order valence-electron chi connectivity index (χ3n) is 5.47. The number of aliphatic hydroxyl groups excluding tert-OH is 1. The third kappa shape index (κ3) is 4.26. The molecule has 0 unspecified atom stereocenters. The van der Waals surface area contributed by atoms with Gasteiger partial charge in [-0.2, -0.15) is 9.97 Å². The van der Waals surface area contributed by atoms with E-state index in [-0.39, 0.29) is 22.3 Å². The second-order valence-corrected chi connectivity index (χ2v) is 8.45. The Bertz CT molecular complexity index is 1210. The van der Waals surface area contributed by atoms with Crippen molar-refractivity contribution in [1.29, 1.82) is 0 Å². The van der Waals surface area contributed by atoms with E-state index in [9.17, 15) is 24.9 Å². The van der Waals surface area contributed by atoms with E-state index in [1.807, 2.05) is 0 Å². The predicted octanol–water partition coefficient (Wildman–Crippen LogP) is 1.09. The average molecular weight is 512 g/mol. The summed E-state index contributed by atoms with van der Waals surface area (Å²) in [6.07, 6.45) is -2.63. The number of nitrogens with two attached hydrogens (primary N) is 1. The summed E-state index contributed by atoms with van der Waals surface area (Å²) in [4.78, 5) is 36.0. The van der Waals surface area contributed by atoms with Crippen molar-refractivity contribution in [3.8, 4) is 0 Å². The summed E-state index contributed by atoms with van der Waals surface area (Å²) in [5, 5.41) is 28.9. The van der Waals surface area contributed by atoms with E-state index in [1.54, 1.807) is 30.3 Å². The molecule has 0 saturated carbocycles. The third-order valence-corrected chi connectivity index (χ3v) is 6.11. The lowest BCUT2D eigenvalue weighted by Crippen LogP contribution is -2.52. The Morgan fingerprint density at radius 3 is 2.53 bits per heavy atom. The van der Waals surface area contributed by atoms with Crippen LogP contribution in [0.25, 0.3) is 11.2 Å². The van der Waals surface area contributed by atoms with Gasteiger partial charge >= 0.3 is 11.9 Å². The van der Waals surface area contributed by atoms with Gasteiger partial charge in [0, 0.05) is 6.42 Å². The molecule has 2 aromatic heterocycles. The van der Waals surface area contributed by atoms with Crippen molar-refractivity contribution >= 4 is 52.1 Å². The highest BCUT2D eigenvalue weighted by molar-refractivity contribution is 6.28. The summed E-state index contributed by atoms with van der Waals surface area (Å²) in [6.45, 7) is -0.573. The van der Waals surface area contributed by atoms with Crippen LogP contribution < -0.4 is 5.73 Å². The van der Waals surface area contributed by atoms with Crippen molar-refractivity contribution < 1.29 is 34.4 Å². The van der Waals surface area contributed by atoms with Crippen molar-refractivity contribution in [2.24, 2.45) is 0 Å². The van der Waals surface area contributed by atoms with E-state index in [0.29, 0.717) is 5.56 Å². The molecule has 1 aliphatic heterocycles. The Kier molecular flexibility index (Phi) is 6.60. The molecule has 3 aromatic rings. The molecule has 12 nitrogen and oxygen atoms in total. The van der Waals surface area contributed by atoms with Crippen LogP contribution in [0.15, 0.2) is 36.7 Å². The van der Waals surface area contributed by atoms with Crippen LogP contribution in [0.1, 0.15) is 11.8 Å². The number of carboxylic acid groups (broad SMARTS) is 2. The Labute approximate surface area is 201 Å². The molecule has 0 radical (unpaired) electrons. The number of aliphatic carboxylic acids is 2. The number of carbonyl (C=O) groups is 2. The molecule has 0 aliphatic carbocycles. The molecule has 14 heteroatoms.